The van der Waals surface area contributed by atoms with Crippen LogP contribution in [0.5, 0.6) is 0 Å². The van der Waals surface area contributed by atoms with E-state index < -0.39 is 0 Å². The molecule has 0 fully saturated rings. The van der Waals surface area contributed by atoms with Crippen LogP contribution in [0.4, 0.5) is 5.82 Å². The maximum atomic E-state index is 4.67. The van der Waals surface area contributed by atoms with E-state index in [0.29, 0.717) is 0 Å². The fourth-order valence-electron chi connectivity index (χ4n) is 1.68. The summed E-state index contributed by atoms with van der Waals surface area (Å²) in [6, 6.07) is 4.37. The fourth-order valence-corrected chi connectivity index (χ4v) is 1.68. The molecule has 3 nitrogen and oxygen atoms in total. The number of hydrogen-bond acceptors (Lipinski definition) is 3. The molecule has 3 heteroatoms. The predicted molar refractivity (Wildman–Crippen MR) is 69.9 cm³/mol. The molecule has 0 unspecified atom stereocenters. The molecule has 90 valence electrons. The van der Waals surface area contributed by atoms with E-state index in [4.69, 9.17) is 0 Å². The summed E-state index contributed by atoms with van der Waals surface area (Å²) in [6.07, 6.45) is 2.20. The highest BCUT2D eigenvalue weighted by Crippen LogP contribution is 2.15. The van der Waals surface area contributed by atoms with Crippen LogP contribution >= 0.6 is 0 Å². The summed E-state index contributed by atoms with van der Waals surface area (Å²) < 4.78 is 0. The Balaban J connectivity index is 2.97. The van der Waals surface area contributed by atoms with E-state index in [2.05, 4.69) is 48.2 Å². The summed E-state index contributed by atoms with van der Waals surface area (Å²) in [5.74, 6) is 1.08. The Labute approximate surface area is 98.9 Å². The van der Waals surface area contributed by atoms with Crippen LogP contribution in [0.2, 0.25) is 0 Å². The summed E-state index contributed by atoms with van der Waals surface area (Å²) in [7, 11) is 4.06. The molecule has 0 saturated heterocycles. The number of anilines is 1. The molecule has 0 amide bonds. The van der Waals surface area contributed by atoms with E-state index in [0.717, 1.165) is 31.7 Å². The zero-order valence-electron chi connectivity index (χ0n) is 10.9. The molecule has 1 aromatic rings. The summed E-state index contributed by atoms with van der Waals surface area (Å²) >= 11 is 0. The zero-order valence-corrected chi connectivity index (χ0v) is 10.9. The molecule has 0 spiro atoms. The van der Waals surface area contributed by atoms with Gasteiger partial charge in [0.25, 0.3) is 0 Å². The molecule has 1 heterocycles. The Morgan fingerprint density at radius 3 is 2.62 bits per heavy atom. The van der Waals surface area contributed by atoms with Crippen molar-refractivity contribution >= 4 is 5.82 Å². The van der Waals surface area contributed by atoms with E-state index in [1.54, 1.807) is 0 Å². The quantitative estimate of drug-likeness (QED) is 0.798. The van der Waals surface area contributed by atoms with Gasteiger partial charge in [0.05, 0.1) is 0 Å². The summed E-state index contributed by atoms with van der Waals surface area (Å²) in [5.41, 5.74) is 2.52. The largest absolute Gasteiger partial charge is 0.360 e. The fraction of sp³-hybridized carbons (Fsp3) is 0.615. The minimum atomic E-state index is 0.907. The highest BCUT2D eigenvalue weighted by Gasteiger charge is 2.05. The Bertz CT molecular complexity index is 299. The van der Waals surface area contributed by atoms with Crippen molar-refractivity contribution in [1.29, 1.82) is 0 Å². The van der Waals surface area contributed by atoms with Crippen molar-refractivity contribution in [2.75, 3.05) is 25.5 Å². The van der Waals surface area contributed by atoms with Gasteiger partial charge in [-0.05, 0) is 38.1 Å². The second kappa shape index (κ2) is 6.48. The highest BCUT2D eigenvalue weighted by atomic mass is 15.2. The normalized spacial score (nSPS) is 10.5. The lowest BCUT2D eigenvalue weighted by Gasteiger charge is -2.18. The van der Waals surface area contributed by atoms with Gasteiger partial charge in [0, 0.05) is 25.8 Å². The zero-order chi connectivity index (χ0) is 12.0. The van der Waals surface area contributed by atoms with E-state index in [9.17, 15) is 0 Å². The lowest BCUT2D eigenvalue weighted by molar-refractivity contribution is 0.800. The number of hydrogen-bond donors (Lipinski definition) is 1. The third kappa shape index (κ3) is 3.49. The van der Waals surface area contributed by atoms with Gasteiger partial charge in [-0.25, -0.2) is 4.98 Å². The van der Waals surface area contributed by atoms with Gasteiger partial charge < -0.3 is 10.2 Å². The monoisotopic (exact) mass is 221 g/mol. The van der Waals surface area contributed by atoms with Crippen molar-refractivity contribution in [3.8, 4) is 0 Å². The van der Waals surface area contributed by atoms with Gasteiger partial charge in [-0.3, -0.25) is 0 Å². The first-order chi connectivity index (χ1) is 7.71. The van der Waals surface area contributed by atoms with Gasteiger partial charge in [-0.1, -0.05) is 13.3 Å². The van der Waals surface area contributed by atoms with Crippen LogP contribution in [0.1, 0.15) is 31.5 Å². The average Bonchev–Trinajstić information content (AvgIpc) is 2.28. The Morgan fingerprint density at radius 1 is 1.31 bits per heavy atom. The van der Waals surface area contributed by atoms with E-state index >= 15 is 0 Å². The molecule has 0 bridgehead atoms. The summed E-state index contributed by atoms with van der Waals surface area (Å²) in [6.45, 7) is 6.23. The van der Waals surface area contributed by atoms with E-state index in [1.165, 1.54) is 11.3 Å². The van der Waals surface area contributed by atoms with Crippen LogP contribution in [0.3, 0.4) is 0 Å². The van der Waals surface area contributed by atoms with Gasteiger partial charge in [-0.2, -0.15) is 0 Å². The maximum Gasteiger partial charge on any atom is 0.128 e. The predicted octanol–water partition coefficient (Wildman–Crippen LogP) is 2.21. The minimum absolute atomic E-state index is 0.907. The van der Waals surface area contributed by atoms with Crippen LogP contribution in [0.15, 0.2) is 12.1 Å². The van der Waals surface area contributed by atoms with E-state index in [-0.39, 0.29) is 0 Å². The average molecular weight is 221 g/mol. The molecule has 1 aromatic heterocycles. The molecule has 1 N–H and O–H groups in total. The number of nitrogens with zero attached hydrogens (tertiary/aromatic N) is 2. The van der Waals surface area contributed by atoms with Crippen molar-refractivity contribution in [3.63, 3.8) is 0 Å². The molecule has 16 heavy (non-hydrogen) atoms. The lowest BCUT2D eigenvalue weighted by Crippen LogP contribution is -2.18. The van der Waals surface area contributed by atoms with Crippen molar-refractivity contribution in [1.82, 2.24) is 10.3 Å². The van der Waals surface area contributed by atoms with Gasteiger partial charge >= 0.3 is 0 Å². The maximum absolute atomic E-state index is 4.67. The van der Waals surface area contributed by atoms with Crippen LogP contribution in [-0.2, 0) is 13.0 Å². The molecule has 0 aliphatic rings. The van der Waals surface area contributed by atoms with Crippen LogP contribution in [0, 0.1) is 0 Å². The topological polar surface area (TPSA) is 28.2 Å². The van der Waals surface area contributed by atoms with Crippen molar-refractivity contribution in [2.24, 2.45) is 0 Å². The van der Waals surface area contributed by atoms with Gasteiger partial charge in [0.1, 0.15) is 5.82 Å². The Kier molecular flexibility index (Phi) is 5.26. The van der Waals surface area contributed by atoms with E-state index in [1.807, 2.05) is 7.05 Å². The van der Waals surface area contributed by atoms with Gasteiger partial charge in [0.15, 0.2) is 0 Å². The molecule has 0 saturated carbocycles. The van der Waals surface area contributed by atoms with Crippen molar-refractivity contribution in [3.05, 3.63) is 23.4 Å². The third-order valence-corrected chi connectivity index (χ3v) is 2.68. The van der Waals surface area contributed by atoms with Gasteiger partial charge in [0.2, 0.25) is 0 Å². The van der Waals surface area contributed by atoms with Gasteiger partial charge in [-0.15, -0.1) is 0 Å². The van der Waals surface area contributed by atoms with Crippen molar-refractivity contribution in [2.45, 2.75) is 33.2 Å². The van der Waals surface area contributed by atoms with Crippen molar-refractivity contribution < 1.29 is 0 Å². The number of nitrogens with one attached hydrogen (secondary N) is 1. The second-order valence-electron chi connectivity index (χ2n) is 4.12. The summed E-state index contributed by atoms with van der Waals surface area (Å²) in [4.78, 5) is 6.85. The second-order valence-corrected chi connectivity index (χ2v) is 4.12. The molecular formula is C13H23N3. The number of rotatable bonds is 6. The Morgan fingerprint density at radius 2 is 2.06 bits per heavy atom. The first-order valence-corrected chi connectivity index (χ1v) is 6.06. The molecule has 0 aliphatic carbocycles. The molecular weight excluding hydrogens is 198 g/mol. The minimum Gasteiger partial charge on any atom is -0.360 e. The van der Waals surface area contributed by atoms with Crippen LogP contribution in [-0.4, -0.2) is 25.6 Å². The summed E-state index contributed by atoms with van der Waals surface area (Å²) in [5, 5.41) is 3.19. The number of aromatic nitrogens is 1. The molecule has 0 aliphatic heterocycles. The SMILES string of the molecule is CCCc1cc(CNC)cc(N(C)CC)n1. The van der Waals surface area contributed by atoms with Crippen LogP contribution in [0.25, 0.3) is 0 Å². The third-order valence-electron chi connectivity index (χ3n) is 2.68. The molecule has 0 aromatic carbocycles. The lowest BCUT2D eigenvalue weighted by atomic mass is 10.1. The standard InChI is InChI=1S/C13H23N3/c1-5-7-12-8-11(10-14-3)9-13(15-12)16(4)6-2/h8-9,14H,5-7,10H2,1-4H3. The first kappa shape index (κ1) is 13.0. The number of pyridine rings is 1. The molecule has 1 rings (SSSR count). The first-order valence-electron chi connectivity index (χ1n) is 6.06. The molecule has 0 atom stereocenters. The highest BCUT2D eigenvalue weighted by molar-refractivity contribution is 5.42. The number of aryl methyl sites for hydroxylation is 1. The Hall–Kier alpha value is -1.09. The molecule has 0 radical (unpaired) electrons. The smallest absolute Gasteiger partial charge is 0.128 e. The van der Waals surface area contributed by atoms with Crippen LogP contribution < -0.4 is 10.2 Å².